The maximum atomic E-state index is 11.1. The predicted molar refractivity (Wildman–Crippen MR) is 86.6 cm³/mol. The molecule has 0 bridgehead atoms. The first-order valence-corrected chi connectivity index (χ1v) is 9.56. The lowest BCUT2D eigenvalue weighted by molar-refractivity contribution is -0.305. The van der Waals surface area contributed by atoms with E-state index in [-0.39, 0.29) is 11.3 Å². The highest BCUT2D eigenvalue weighted by molar-refractivity contribution is 7.85. The standard InChI is InChI=1S/C17H26O5S/c1-2-3-7-14(8-5-4-6-9-17(18)19)15-10-12-16(13-11-15)23(20,21)22/h10-14H,2-9H2,1H3,(H,18,19)(H,20,21,22)/p-1. The van der Waals surface area contributed by atoms with Crippen molar-refractivity contribution in [1.29, 1.82) is 0 Å². The number of carboxylic acid groups (broad SMARTS) is 1. The summed E-state index contributed by atoms with van der Waals surface area (Å²) in [5.41, 5.74) is 1.06. The Morgan fingerprint density at radius 3 is 2.22 bits per heavy atom. The first-order chi connectivity index (χ1) is 10.8. The van der Waals surface area contributed by atoms with E-state index < -0.39 is 16.1 Å². The van der Waals surface area contributed by atoms with E-state index in [1.54, 1.807) is 12.1 Å². The van der Waals surface area contributed by atoms with Gasteiger partial charge in [0.15, 0.2) is 0 Å². The lowest BCUT2D eigenvalue weighted by atomic mass is 9.88. The average Bonchev–Trinajstić information content (AvgIpc) is 2.49. The van der Waals surface area contributed by atoms with Gasteiger partial charge in [0.2, 0.25) is 0 Å². The molecule has 0 saturated carbocycles. The molecular weight excluding hydrogens is 316 g/mol. The minimum absolute atomic E-state index is 0.0931. The molecule has 1 atom stereocenters. The molecule has 6 heteroatoms. The summed E-state index contributed by atoms with van der Waals surface area (Å²) in [5.74, 6) is -0.679. The van der Waals surface area contributed by atoms with Crippen molar-refractivity contribution >= 4 is 16.1 Å². The van der Waals surface area contributed by atoms with Crippen molar-refractivity contribution in [1.82, 2.24) is 0 Å². The molecule has 0 aliphatic rings. The normalized spacial score (nSPS) is 13.0. The third-order valence-electron chi connectivity index (χ3n) is 3.99. The van der Waals surface area contributed by atoms with E-state index in [9.17, 15) is 18.3 Å². The lowest BCUT2D eigenvalue weighted by Crippen LogP contribution is -2.21. The van der Waals surface area contributed by atoms with Crippen molar-refractivity contribution in [3.8, 4) is 0 Å². The van der Waals surface area contributed by atoms with Crippen molar-refractivity contribution in [3.63, 3.8) is 0 Å². The van der Waals surface area contributed by atoms with Crippen LogP contribution in [0.3, 0.4) is 0 Å². The van der Waals surface area contributed by atoms with Gasteiger partial charge in [-0.25, -0.2) is 0 Å². The van der Waals surface area contributed by atoms with Crippen LogP contribution >= 0.6 is 0 Å². The van der Waals surface area contributed by atoms with Gasteiger partial charge < -0.3 is 9.90 Å². The highest BCUT2D eigenvalue weighted by Gasteiger charge is 2.14. The van der Waals surface area contributed by atoms with E-state index in [1.165, 1.54) is 12.1 Å². The SMILES string of the molecule is CCCCC(CCCCCC(=O)[O-])c1ccc(S(=O)(=O)O)cc1. The lowest BCUT2D eigenvalue weighted by Gasteiger charge is -2.17. The van der Waals surface area contributed by atoms with Gasteiger partial charge in [0.1, 0.15) is 0 Å². The van der Waals surface area contributed by atoms with E-state index in [2.05, 4.69) is 6.92 Å². The summed E-state index contributed by atoms with van der Waals surface area (Å²) in [4.78, 5) is 10.3. The molecule has 0 amide bonds. The van der Waals surface area contributed by atoms with Crippen LogP contribution in [0.1, 0.15) is 69.8 Å². The molecule has 1 aromatic rings. The molecule has 23 heavy (non-hydrogen) atoms. The summed E-state index contributed by atoms with van der Waals surface area (Å²) < 4.78 is 31.2. The van der Waals surface area contributed by atoms with E-state index in [4.69, 9.17) is 4.55 Å². The van der Waals surface area contributed by atoms with Crippen LogP contribution < -0.4 is 5.11 Å². The number of carbonyl (C=O) groups excluding carboxylic acids is 1. The van der Waals surface area contributed by atoms with Gasteiger partial charge in [-0.3, -0.25) is 4.55 Å². The predicted octanol–water partition coefficient (Wildman–Crippen LogP) is 2.91. The molecule has 0 radical (unpaired) electrons. The first kappa shape index (κ1) is 19.6. The molecule has 0 spiro atoms. The highest BCUT2D eigenvalue weighted by Crippen LogP contribution is 2.28. The van der Waals surface area contributed by atoms with Crippen molar-refractivity contribution in [2.24, 2.45) is 0 Å². The smallest absolute Gasteiger partial charge is 0.294 e. The van der Waals surface area contributed by atoms with Crippen molar-refractivity contribution in [2.75, 3.05) is 0 Å². The summed E-state index contributed by atoms with van der Waals surface area (Å²) in [6.45, 7) is 2.12. The quantitative estimate of drug-likeness (QED) is 0.493. The Bertz CT molecular complexity index is 578. The third-order valence-corrected chi connectivity index (χ3v) is 4.86. The topological polar surface area (TPSA) is 94.5 Å². The number of unbranched alkanes of at least 4 members (excludes halogenated alkanes) is 3. The Hall–Kier alpha value is -1.40. The van der Waals surface area contributed by atoms with Gasteiger partial charge in [-0.2, -0.15) is 8.42 Å². The fraction of sp³-hybridized carbons (Fsp3) is 0.588. The Kier molecular flexibility index (Phi) is 8.26. The molecule has 0 heterocycles. The van der Waals surface area contributed by atoms with Gasteiger partial charge in [-0.1, -0.05) is 44.7 Å². The zero-order valence-electron chi connectivity index (χ0n) is 13.5. The van der Waals surface area contributed by atoms with Crippen molar-refractivity contribution < 1.29 is 22.9 Å². The van der Waals surface area contributed by atoms with Crippen LogP contribution in [0.5, 0.6) is 0 Å². The van der Waals surface area contributed by atoms with Gasteiger partial charge in [-0.05, 0) is 49.3 Å². The third kappa shape index (κ3) is 7.61. The van der Waals surface area contributed by atoms with Crippen LogP contribution in [-0.4, -0.2) is 18.9 Å². The van der Waals surface area contributed by atoms with E-state index in [0.717, 1.165) is 44.1 Å². The Morgan fingerprint density at radius 1 is 1.09 bits per heavy atom. The maximum Gasteiger partial charge on any atom is 0.294 e. The molecule has 5 nitrogen and oxygen atoms in total. The van der Waals surface area contributed by atoms with E-state index in [0.29, 0.717) is 12.3 Å². The van der Waals surface area contributed by atoms with E-state index >= 15 is 0 Å². The monoisotopic (exact) mass is 341 g/mol. The molecule has 1 N–H and O–H groups in total. The summed E-state index contributed by atoms with van der Waals surface area (Å²) in [6, 6.07) is 6.37. The molecular formula is C17H25O5S-. The van der Waals surface area contributed by atoms with Crippen LogP contribution in [0.2, 0.25) is 0 Å². The number of carboxylic acids is 1. The van der Waals surface area contributed by atoms with Crippen molar-refractivity contribution in [3.05, 3.63) is 29.8 Å². The molecule has 0 fully saturated rings. The zero-order chi connectivity index (χ0) is 17.3. The van der Waals surface area contributed by atoms with Crippen LogP contribution in [0.15, 0.2) is 29.2 Å². The molecule has 0 aromatic heterocycles. The molecule has 0 aliphatic carbocycles. The van der Waals surface area contributed by atoms with Gasteiger partial charge in [0, 0.05) is 5.97 Å². The summed E-state index contributed by atoms with van der Waals surface area (Å²) in [6.07, 6.45) is 6.64. The zero-order valence-corrected chi connectivity index (χ0v) is 14.3. The van der Waals surface area contributed by atoms with Gasteiger partial charge in [0.25, 0.3) is 10.1 Å². The van der Waals surface area contributed by atoms with Crippen LogP contribution in [0, 0.1) is 0 Å². The second-order valence-corrected chi connectivity index (χ2v) is 7.28. The van der Waals surface area contributed by atoms with Crippen molar-refractivity contribution in [2.45, 2.75) is 69.1 Å². The fourth-order valence-corrected chi connectivity index (χ4v) is 3.16. The fourth-order valence-electron chi connectivity index (χ4n) is 2.68. The highest BCUT2D eigenvalue weighted by atomic mass is 32.2. The minimum atomic E-state index is -4.16. The number of hydrogen-bond donors (Lipinski definition) is 1. The second kappa shape index (κ2) is 9.67. The Labute approximate surface area is 138 Å². The molecule has 1 rings (SSSR count). The number of carbonyl (C=O) groups is 1. The van der Waals surface area contributed by atoms with Gasteiger partial charge >= 0.3 is 0 Å². The maximum absolute atomic E-state index is 11.1. The second-order valence-electron chi connectivity index (χ2n) is 5.85. The summed E-state index contributed by atoms with van der Waals surface area (Å²) in [7, 11) is -4.16. The van der Waals surface area contributed by atoms with Crippen LogP contribution in [0.4, 0.5) is 0 Å². The molecule has 130 valence electrons. The number of benzene rings is 1. The van der Waals surface area contributed by atoms with Crippen LogP contribution in [-0.2, 0) is 14.9 Å². The number of aliphatic carboxylic acids is 1. The van der Waals surface area contributed by atoms with Gasteiger partial charge in [0.05, 0.1) is 4.90 Å². The van der Waals surface area contributed by atoms with Gasteiger partial charge in [-0.15, -0.1) is 0 Å². The molecule has 0 saturated heterocycles. The molecule has 0 aliphatic heterocycles. The first-order valence-electron chi connectivity index (χ1n) is 8.12. The number of hydrogen-bond acceptors (Lipinski definition) is 4. The summed E-state index contributed by atoms with van der Waals surface area (Å²) >= 11 is 0. The van der Waals surface area contributed by atoms with E-state index in [1.807, 2.05) is 0 Å². The molecule has 1 unspecified atom stereocenters. The largest absolute Gasteiger partial charge is 0.550 e. The minimum Gasteiger partial charge on any atom is -0.550 e. The Morgan fingerprint density at radius 2 is 1.70 bits per heavy atom. The average molecular weight is 341 g/mol. The van der Waals surface area contributed by atoms with Crippen LogP contribution in [0.25, 0.3) is 0 Å². The summed E-state index contributed by atoms with van der Waals surface area (Å²) in [5, 5.41) is 10.4. The Balaban J connectivity index is 2.64. The number of rotatable bonds is 11. The molecule has 1 aromatic carbocycles.